The SMILES string of the molecule is CCC1(C)NC(=O)NC1(C)NC(C)=O. The largest absolute Gasteiger partial charge is 0.332 e. The smallest absolute Gasteiger partial charge is 0.317 e. The molecular weight excluding hydrogens is 182 g/mol. The third-order valence-electron chi connectivity index (χ3n) is 2.99. The lowest BCUT2D eigenvalue weighted by atomic mass is 9.86. The van der Waals surface area contributed by atoms with Crippen molar-refractivity contribution in [1.29, 1.82) is 0 Å². The molecule has 0 aliphatic carbocycles. The van der Waals surface area contributed by atoms with E-state index in [1.807, 2.05) is 13.8 Å². The van der Waals surface area contributed by atoms with E-state index in [1.165, 1.54) is 6.92 Å². The van der Waals surface area contributed by atoms with Gasteiger partial charge in [-0.3, -0.25) is 4.79 Å². The number of carbonyl (C=O) groups excluding carboxylic acids is 2. The third-order valence-corrected chi connectivity index (χ3v) is 2.99. The molecule has 5 nitrogen and oxygen atoms in total. The van der Waals surface area contributed by atoms with Crippen molar-refractivity contribution in [3.8, 4) is 0 Å². The molecule has 80 valence electrons. The van der Waals surface area contributed by atoms with Gasteiger partial charge in [0, 0.05) is 6.92 Å². The minimum Gasteiger partial charge on any atom is -0.332 e. The fraction of sp³-hybridized carbons (Fsp3) is 0.778. The van der Waals surface area contributed by atoms with Gasteiger partial charge in [0.2, 0.25) is 5.91 Å². The van der Waals surface area contributed by atoms with Crippen molar-refractivity contribution in [2.45, 2.75) is 45.3 Å². The first-order chi connectivity index (χ1) is 6.33. The predicted molar refractivity (Wildman–Crippen MR) is 52.6 cm³/mol. The Hall–Kier alpha value is -1.26. The second kappa shape index (κ2) is 3.15. The summed E-state index contributed by atoms with van der Waals surface area (Å²) in [6, 6.07) is -0.245. The quantitative estimate of drug-likeness (QED) is 0.599. The van der Waals surface area contributed by atoms with Crippen molar-refractivity contribution in [3.05, 3.63) is 0 Å². The minimum absolute atomic E-state index is 0.156. The summed E-state index contributed by atoms with van der Waals surface area (Å²) in [6.45, 7) is 7.11. The third kappa shape index (κ3) is 1.54. The van der Waals surface area contributed by atoms with Crippen LogP contribution in [0.3, 0.4) is 0 Å². The Morgan fingerprint density at radius 1 is 1.43 bits per heavy atom. The summed E-state index contributed by atoms with van der Waals surface area (Å²) in [5.41, 5.74) is -1.17. The lowest BCUT2D eigenvalue weighted by Crippen LogP contribution is -2.65. The highest BCUT2D eigenvalue weighted by molar-refractivity contribution is 5.82. The van der Waals surface area contributed by atoms with E-state index in [4.69, 9.17) is 0 Å². The predicted octanol–water partition coefficient (Wildman–Crippen LogP) is 0.320. The number of hydrogen-bond acceptors (Lipinski definition) is 2. The van der Waals surface area contributed by atoms with E-state index in [2.05, 4.69) is 16.0 Å². The highest BCUT2D eigenvalue weighted by atomic mass is 16.2. The molecule has 1 saturated heterocycles. The van der Waals surface area contributed by atoms with E-state index in [1.54, 1.807) is 6.92 Å². The number of hydrogen-bond donors (Lipinski definition) is 3. The monoisotopic (exact) mass is 199 g/mol. The molecule has 3 amide bonds. The molecule has 0 spiro atoms. The van der Waals surface area contributed by atoms with Gasteiger partial charge in [-0.05, 0) is 20.3 Å². The molecule has 2 atom stereocenters. The van der Waals surface area contributed by atoms with E-state index in [0.29, 0.717) is 0 Å². The zero-order valence-electron chi connectivity index (χ0n) is 9.02. The number of urea groups is 1. The fourth-order valence-corrected chi connectivity index (χ4v) is 1.74. The van der Waals surface area contributed by atoms with Crippen LogP contribution in [0.4, 0.5) is 4.79 Å². The molecule has 0 bridgehead atoms. The first-order valence-corrected chi connectivity index (χ1v) is 4.72. The van der Waals surface area contributed by atoms with Crippen LogP contribution < -0.4 is 16.0 Å². The topological polar surface area (TPSA) is 70.2 Å². The average Bonchev–Trinajstić information content (AvgIpc) is 2.21. The summed E-state index contributed by atoms with van der Waals surface area (Å²) in [7, 11) is 0. The van der Waals surface area contributed by atoms with E-state index in [0.717, 1.165) is 6.42 Å². The zero-order chi connectivity index (χ0) is 11.0. The van der Waals surface area contributed by atoms with Gasteiger partial charge >= 0.3 is 6.03 Å². The Morgan fingerprint density at radius 3 is 2.43 bits per heavy atom. The number of rotatable bonds is 2. The van der Waals surface area contributed by atoms with Gasteiger partial charge in [-0.25, -0.2) is 4.79 Å². The van der Waals surface area contributed by atoms with E-state index in [-0.39, 0.29) is 11.9 Å². The standard InChI is InChI=1S/C9H17N3O2/c1-5-8(3)9(4,10-6(2)13)12-7(14)11-8/h5H2,1-4H3,(H,10,13)(H2,11,12,14). The molecule has 1 aliphatic rings. The van der Waals surface area contributed by atoms with E-state index < -0.39 is 11.2 Å². The van der Waals surface area contributed by atoms with Crippen LogP contribution in [0.1, 0.15) is 34.1 Å². The Labute approximate surface area is 83.6 Å². The molecule has 0 saturated carbocycles. The molecule has 1 heterocycles. The summed E-state index contributed by atoms with van der Waals surface area (Å²) in [6.07, 6.45) is 0.739. The van der Waals surface area contributed by atoms with Gasteiger partial charge in [-0.15, -0.1) is 0 Å². The summed E-state index contributed by atoms with van der Waals surface area (Å²) >= 11 is 0. The van der Waals surface area contributed by atoms with Crippen molar-refractivity contribution in [2.75, 3.05) is 0 Å². The maximum atomic E-state index is 11.2. The molecule has 0 aromatic heterocycles. The summed E-state index contributed by atoms with van der Waals surface area (Å²) in [5.74, 6) is -0.156. The van der Waals surface area contributed by atoms with Crippen LogP contribution in [-0.2, 0) is 4.79 Å². The van der Waals surface area contributed by atoms with Crippen LogP contribution in [0.25, 0.3) is 0 Å². The Kier molecular flexibility index (Phi) is 2.43. The molecular formula is C9H17N3O2. The fourth-order valence-electron chi connectivity index (χ4n) is 1.74. The Morgan fingerprint density at radius 2 is 2.00 bits per heavy atom. The van der Waals surface area contributed by atoms with Gasteiger partial charge in [-0.1, -0.05) is 6.92 Å². The van der Waals surface area contributed by atoms with Gasteiger partial charge in [0.1, 0.15) is 5.66 Å². The molecule has 5 heteroatoms. The minimum atomic E-state index is -0.718. The first kappa shape index (κ1) is 10.8. The molecule has 0 aromatic carbocycles. The molecule has 0 radical (unpaired) electrons. The highest BCUT2D eigenvalue weighted by Crippen LogP contribution is 2.27. The first-order valence-electron chi connectivity index (χ1n) is 4.72. The maximum absolute atomic E-state index is 11.2. The van der Waals surface area contributed by atoms with Crippen LogP contribution in [0.15, 0.2) is 0 Å². The summed E-state index contributed by atoms with van der Waals surface area (Å²) in [4.78, 5) is 22.3. The Balaban J connectivity index is 2.94. The number of amides is 3. The van der Waals surface area contributed by atoms with Crippen molar-refractivity contribution >= 4 is 11.9 Å². The Bertz CT molecular complexity index is 279. The van der Waals surface area contributed by atoms with Crippen molar-refractivity contribution < 1.29 is 9.59 Å². The zero-order valence-corrected chi connectivity index (χ0v) is 9.02. The van der Waals surface area contributed by atoms with Crippen LogP contribution in [0.5, 0.6) is 0 Å². The van der Waals surface area contributed by atoms with Crippen molar-refractivity contribution in [1.82, 2.24) is 16.0 Å². The molecule has 1 fully saturated rings. The van der Waals surface area contributed by atoms with Crippen LogP contribution in [0.2, 0.25) is 0 Å². The lowest BCUT2D eigenvalue weighted by Gasteiger charge is -2.38. The molecule has 1 aliphatic heterocycles. The molecule has 0 aromatic rings. The lowest BCUT2D eigenvalue weighted by molar-refractivity contribution is -0.121. The van der Waals surface area contributed by atoms with Gasteiger partial charge < -0.3 is 16.0 Å². The average molecular weight is 199 g/mol. The molecule has 2 unspecified atom stereocenters. The van der Waals surface area contributed by atoms with Gasteiger partial charge in [0.25, 0.3) is 0 Å². The number of carbonyl (C=O) groups is 2. The second-order valence-corrected chi connectivity index (χ2v) is 4.07. The summed E-state index contributed by atoms with van der Waals surface area (Å²) < 4.78 is 0. The molecule has 14 heavy (non-hydrogen) atoms. The molecule has 1 rings (SSSR count). The summed E-state index contributed by atoms with van der Waals surface area (Å²) in [5, 5.41) is 8.29. The van der Waals surface area contributed by atoms with E-state index >= 15 is 0 Å². The normalized spacial score (nSPS) is 36.1. The second-order valence-electron chi connectivity index (χ2n) is 4.07. The van der Waals surface area contributed by atoms with Crippen LogP contribution >= 0.6 is 0 Å². The van der Waals surface area contributed by atoms with Gasteiger partial charge in [0.15, 0.2) is 0 Å². The van der Waals surface area contributed by atoms with Crippen LogP contribution in [-0.4, -0.2) is 23.1 Å². The highest BCUT2D eigenvalue weighted by Gasteiger charge is 2.51. The van der Waals surface area contributed by atoms with E-state index in [9.17, 15) is 9.59 Å². The maximum Gasteiger partial charge on any atom is 0.317 e. The van der Waals surface area contributed by atoms with Crippen LogP contribution in [0, 0.1) is 0 Å². The molecule has 3 N–H and O–H groups in total. The van der Waals surface area contributed by atoms with Crippen molar-refractivity contribution in [2.24, 2.45) is 0 Å². The van der Waals surface area contributed by atoms with Gasteiger partial charge in [0.05, 0.1) is 5.54 Å². The van der Waals surface area contributed by atoms with Crippen molar-refractivity contribution in [3.63, 3.8) is 0 Å². The van der Waals surface area contributed by atoms with Gasteiger partial charge in [-0.2, -0.15) is 0 Å². The number of nitrogens with one attached hydrogen (secondary N) is 3.